The lowest BCUT2D eigenvalue weighted by Crippen LogP contribution is -3.00. The maximum absolute atomic E-state index is 3.89. The number of benzene rings is 1. The fraction of sp³-hybridized carbons (Fsp3) is 0.333. The standard InChI is InChI=1S/C12H18N.2ClH/c1-5-12(13(2,3)4)11-9-7-6-8-10-11;;/h5-10,12H,1H2,2-4H3;2*1H/q+1;;/p-1. The van der Waals surface area contributed by atoms with Gasteiger partial charge in [-0.25, -0.2) is 0 Å². The van der Waals surface area contributed by atoms with Gasteiger partial charge in [0, 0.05) is 5.56 Å². The van der Waals surface area contributed by atoms with E-state index in [4.69, 9.17) is 0 Å². The summed E-state index contributed by atoms with van der Waals surface area (Å²) in [4.78, 5) is 0. The molecule has 1 unspecified atom stereocenters. The number of likely N-dealkylation sites (N-methyl/N-ethyl adjacent to an activating group) is 1. The first kappa shape index (κ1) is 16.9. The van der Waals surface area contributed by atoms with Crippen molar-refractivity contribution in [2.45, 2.75) is 6.04 Å². The number of halogens is 2. The molecule has 0 aliphatic heterocycles. The molecule has 0 bridgehead atoms. The molecule has 1 nitrogen and oxygen atoms in total. The van der Waals surface area contributed by atoms with Gasteiger partial charge in [-0.05, 0) is 6.08 Å². The average molecular weight is 248 g/mol. The van der Waals surface area contributed by atoms with Gasteiger partial charge in [0.2, 0.25) is 0 Å². The van der Waals surface area contributed by atoms with Crippen LogP contribution in [-0.4, -0.2) is 25.6 Å². The molecule has 3 heteroatoms. The molecule has 0 fully saturated rings. The smallest absolute Gasteiger partial charge is 0.133 e. The fourth-order valence-electron chi connectivity index (χ4n) is 1.55. The zero-order valence-electron chi connectivity index (χ0n) is 9.48. The first-order valence-electron chi connectivity index (χ1n) is 4.54. The van der Waals surface area contributed by atoms with Crippen LogP contribution in [0.2, 0.25) is 0 Å². The Morgan fingerprint density at radius 3 is 1.93 bits per heavy atom. The minimum absolute atomic E-state index is 0. The van der Waals surface area contributed by atoms with Crippen LogP contribution in [0.1, 0.15) is 11.6 Å². The maximum Gasteiger partial charge on any atom is 0.133 e. The Kier molecular flexibility index (Phi) is 7.77. The van der Waals surface area contributed by atoms with Crippen molar-refractivity contribution in [3.63, 3.8) is 0 Å². The highest BCUT2D eigenvalue weighted by molar-refractivity contribution is 5.85. The monoisotopic (exact) mass is 247 g/mol. The van der Waals surface area contributed by atoms with Gasteiger partial charge in [-0.3, -0.25) is 0 Å². The van der Waals surface area contributed by atoms with E-state index in [-0.39, 0.29) is 24.8 Å². The van der Waals surface area contributed by atoms with Crippen molar-refractivity contribution in [2.24, 2.45) is 0 Å². The second kappa shape index (κ2) is 6.89. The molecule has 86 valence electrons. The SMILES string of the molecule is C=CC(c1ccccc1)[N+](C)(C)C.Cl.[Cl-]. The van der Waals surface area contributed by atoms with E-state index in [0.29, 0.717) is 6.04 Å². The van der Waals surface area contributed by atoms with E-state index < -0.39 is 0 Å². The van der Waals surface area contributed by atoms with Crippen LogP contribution >= 0.6 is 12.4 Å². The van der Waals surface area contributed by atoms with Crippen LogP contribution in [0.5, 0.6) is 0 Å². The Hall–Kier alpha value is -0.500. The quantitative estimate of drug-likeness (QED) is 0.523. The lowest BCUT2D eigenvalue weighted by Gasteiger charge is -2.32. The zero-order valence-corrected chi connectivity index (χ0v) is 11.1. The van der Waals surface area contributed by atoms with E-state index in [2.05, 4.69) is 52.0 Å². The molecule has 0 aliphatic carbocycles. The largest absolute Gasteiger partial charge is 1.00 e. The van der Waals surface area contributed by atoms with Crippen LogP contribution in [0.4, 0.5) is 0 Å². The summed E-state index contributed by atoms with van der Waals surface area (Å²) in [7, 11) is 6.54. The number of rotatable bonds is 3. The van der Waals surface area contributed by atoms with Crippen LogP contribution in [0, 0.1) is 0 Å². The summed E-state index contributed by atoms with van der Waals surface area (Å²) >= 11 is 0. The van der Waals surface area contributed by atoms with Gasteiger partial charge in [-0.15, -0.1) is 12.4 Å². The van der Waals surface area contributed by atoms with Crippen molar-refractivity contribution in [2.75, 3.05) is 21.1 Å². The summed E-state index contributed by atoms with van der Waals surface area (Å²) in [5.74, 6) is 0. The molecule has 0 saturated heterocycles. The van der Waals surface area contributed by atoms with Crippen LogP contribution < -0.4 is 12.4 Å². The van der Waals surface area contributed by atoms with Crippen molar-refractivity contribution >= 4 is 12.4 Å². The summed E-state index contributed by atoms with van der Waals surface area (Å²) < 4.78 is 0.882. The minimum atomic E-state index is 0. The highest BCUT2D eigenvalue weighted by Crippen LogP contribution is 2.23. The zero-order chi connectivity index (χ0) is 9.90. The number of nitrogens with zero attached hydrogens (tertiary/aromatic N) is 1. The Morgan fingerprint density at radius 1 is 1.13 bits per heavy atom. The second-order valence-electron chi connectivity index (χ2n) is 4.21. The van der Waals surface area contributed by atoms with Crippen molar-refractivity contribution in [1.82, 2.24) is 0 Å². The molecule has 0 aromatic heterocycles. The summed E-state index contributed by atoms with van der Waals surface area (Å²) in [6, 6.07) is 10.9. The van der Waals surface area contributed by atoms with Crippen molar-refractivity contribution < 1.29 is 16.9 Å². The van der Waals surface area contributed by atoms with Crippen molar-refractivity contribution in [1.29, 1.82) is 0 Å². The number of hydrogen-bond donors (Lipinski definition) is 0. The Morgan fingerprint density at radius 2 is 1.60 bits per heavy atom. The summed E-state index contributed by atoms with van der Waals surface area (Å²) in [5.41, 5.74) is 1.32. The molecule has 0 radical (unpaired) electrons. The summed E-state index contributed by atoms with van der Waals surface area (Å²) in [6.45, 7) is 3.89. The van der Waals surface area contributed by atoms with Crippen LogP contribution in [0.25, 0.3) is 0 Å². The lowest BCUT2D eigenvalue weighted by atomic mass is 10.1. The fourth-order valence-corrected chi connectivity index (χ4v) is 1.55. The van der Waals surface area contributed by atoms with Crippen molar-refractivity contribution in [3.8, 4) is 0 Å². The summed E-state index contributed by atoms with van der Waals surface area (Å²) in [6.07, 6.45) is 2.01. The molecule has 0 saturated carbocycles. The Labute approximate surface area is 105 Å². The van der Waals surface area contributed by atoms with Crippen molar-refractivity contribution in [3.05, 3.63) is 48.6 Å². The topological polar surface area (TPSA) is 0 Å². The molecule has 1 rings (SSSR count). The van der Waals surface area contributed by atoms with E-state index in [1.54, 1.807) is 0 Å². The van der Waals surface area contributed by atoms with E-state index in [9.17, 15) is 0 Å². The molecule has 1 aromatic rings. The van der Waals surface area contributed by atoms with Gasteiger partial charge in [0.25, 0.3) is 0 Å². The molecular weight excluding hydrogens is 229 g/mol. The second-order valence-corrected chi connectivity index (χ2v) is 4.21. The van der Waals surface area contributed by atoms with E-state index in [0.717, 1.165) is 4.48 Å². The molecule has 1 aromatic carbocycles. The van der Waals surface area contributed by atoms with Gasteiger partial charge < -0.3 is 16.9 Å². The molecule has 0 heterocycles. The molecule has 1 atom stereocenters. The highest BCUT2D eigenvalue weighted by Gasteiger charge is 2.21. The van der Waals surface area contributed by atoms with Crippen LogP contribution in [0.15, 0.2) is 43.0 Å². The van der Waals surface area contributed by atoms with Gasteiger partial charge in [-0.1, -0.05) is 36.9 Å². The lowest BCUT2D eigenvalue weighted by molar-refractivity contribution is -0.895. The third kappa shape index (κ3) is 4.70. The van der Waals surface area contributed by atoms with E-state index in [1.807, 2.05) is 12.1 Å². The van der Waals surface area contributed by atoms with Gasteiger partial charge in [0.15, 0.2) is 0 Å². The van der Waals surface area contributed by atoms with E-state index in [1.165, 1.54) is 5.56 Å². The molecule has 0 aliphatic rings. The third-order valence-corrected chi connectivity index (χ3v) is 2.20. The third-order valence-electron chi connectivity index (χ3n) is 2.20. The Bertz CT molecular complexity index is 277. The first-order valence-corrected chi connectivity index (χ1v) is 4.54. The first-order chi connectivity index (χ1) is 6.05. The molecule has 15 heavy (non-hydrogen) atoms. The number of hydrogen-bond acceptors (Lipinski definition) is 0. The molecule has 0 spiro atoms. The average Bonchev–Trinajstić information content (AvgIpc) is 2.05. The number of quaternary nitrogens is 1. The highest BCUT2D eigenvalue weighted by atomic mass is 35.5. The minimum Gasteiger partial charge on any atom is -1.00 e. The van der Waals surface area contributed by atoms with E-state index >= 15 is 0 Å². The van der Waals surface area contributed by atoms with Gasteiger partial charge in [0.1, 0.15) is 6.04 Å². The van der Waals surface area contributed by atoms with Gasteiger partial charge in [-0.2, -0.15) is 0 Å². The van der Waals surface area contributed by atoms with Crippen LogP contribution in [0.3, 0.4) is 0 Å². The Balaban J connectivity index is 0. The molecular formula is C12H19Cl2N. The predicted molar refractivity (Wildman–Crippen MR) is 64.7 cm³/mol. The van der Waals surface area contributed by atoms with Crippen LogP contribution in [-0.2, 0) is 0 Å². The predicted octanol–water partition coefficient (Wildman–Crippen LogP) is 0.0457. The van der Waals surface area contributed by atoms with Gasteiger partial charge >= 0.3 is 0 Å². The van der Waals surface area contributed by atoms with Gasteiger partial charge in [0.05, 0.1) is 21.1 Å². The maximum atomic E-state index is 3.89. The molecule has 0 amide bonds. The normalized spacial score (nSPS) is 11.9. The summed E-state index contributed by atoms with van der Waals surface area (Å²) in [5, 5.41) is 0. The molecule has 0 N–H and O–H groups in total.